The molecule has 0 spiro atoms. The number of anilines is 1. The summed E-state index contributed by atoms with van der Waals surface area (Å²) in [5, 5.41) is 8.87. The Morgan fingerprint density at radius 2 is 2.04 bits per heavy atom. The molecule has 0 N–H and O–H groups in total. The van der Waals surface area contributed by atoms with Gasteiger partial charge in [0.05, 0.1) is 11.6 Å². The van der Waals surface area contributed by atoms with Crippen molar-refractivity contribution in [2.24, 2.45) is 0 Å². The highest BCUT2D eigenvalue weighted by atomic mass is 16.5. The lowest BCUT2D eigenvalue weighted by Gasteiger charge is -2.40. The summed E-state index contributed by atoms with van der Waals surface area (Å²) in [6.07, 6.45) is 0. The number of pyridine rings is 1. The first kappa shape index (κ1) is 18.9. The summed E-state index contributed by atoms with van der Waals surface area (Å²) in [6.45, 7) is 12.6. The fourth-order valence-electron chi connectivity index (χ4n) is 3.28. The second-order valence-electron chi connectivity index (χ2n) is 7.15. The maximum atomic E-state index is 8.87. The Kier molecular flexibility index (Phi) is 6.10. The third-order valence-corrected chi connectivity index (χ3v) is 4.74. The SMILES string of the molecule is C=C(C)CN1CCN(c2cccc(OCc3ccc(C#N)cc3)n2)CC1C. The van der Waals surface area contributed by atoms with Crippen LogP contribution in [0.1, 0.15) is 25.0 Å². The van der Waals surface area contributed by atoms with E-state index in [9.17, 15) is 0 Å². The van der Waals surface area contributed by atoms with E-state index >= 15 is 0 Å². The third-order valence-electron chi connectivity index (χ3n) is 4.74. The second kappa shape index (κ2) is 8.70. The van der Waals surface area contributed by atoms with Gasteiger partial charge in [-0.15, -0.1) is 0 Å². The Labute approximate surface area is 161 Å². The smallest absolute Gasteiger partial charge is 0.215 e. The van der Waals surface area contributed by atoms with Gasteiger partial charge in [0.2, 0.25) is 5.88 Å². The van der Waals surface area contributed by atoms with Crippen LogP contribution in [0, 0.1) is 11.3 Å². The van der Waals surface area contributed by atoms with Gasteiger partial charge in [0, 0.05) is 38.3 Å². The normalized spacial score (nSPS) is 17.4. The fourth-order valence-corrected chi connectivity index (χ4v) is 3.28. The Morgan fingerprint density at radius 1 is 1.26 bits per heavy atom. The zero-order chi connectivity index (χ0) is 19.2. The average Bonchev–Trinajstić information content (AvgIpc) is 2.68. The van der Waals surface area contributed by atoms with Gasteiger partial charge in [-0.05, 0) is 37.6 Å². The second-order valence-corrected chi connectivity index (χ2v) is 7.15. The molecular formula is C22H26N4O. The number of nitriles is 1. The largest absolute Gasteiger partial charge is 0.473 e. The molecule has 1 aliphatic rings. The van der Waals surface area contributed by atoms with Crippen molar-refractivity contribution in [1.29, 1.82) is 5.26 Å². The summed E-state index contributed by atoms with van der Waals surface area (Å²) >= 11 is 0. The highest BCUT2D eigenvalue weighted by Crippen LogP contribution is 2.21. The van der Waals surface area contributed by atoms with Gasteiger partial charge in [-0.1, -0.05) is 30.4 Å². The van der Waals surface area contributed by atoms with E-state index in [-0.39, 0.29) is 0 Å². The minimum atomic E-state index is 0.435. The van der Waals surface area contributed by atoms with Crippen molar-refractivity contribution >= 4 is 5.82 Å². The molecule has 1 fully saturated rings. The summed E-state index contributed by atoms with van der Waals surface area (Å²) in [6, 6.07) is 15.9. The molecule has 1 atom stereocenters. The first-order valence-corrected chi connectivity index (χ1v) is 9.27. The van der Waals surface area contributed by atoms with Gasteiger partial charge in [0.1, 0.15) is 12.4 Å². The molecule has 0 bridgehead atoms. The van der Waals surface area contributed by atoms with Crippen LogP contribution in [0.4, 0.5) is 5.82 Å². The van der Waals surface area contributed by atoms with Gasteiger partial charge in [-0.2, -0.15) is 10.2 Å². The molecule has 27 heavy (non-hydrogen) atoms. The Hall–Kier alpha value is -2.84. The molecule has 2 aromatic rings. The van der Waals surface area contributed by atoms with Crippen molar-refractivity contribution in [3.8, 4) is 11.9 Å². The minimum Gasteiger partial charge on any atom is -0.473 e. The van der Waals surface area contributed by atoms with Crippen molar-refractivity contribution in [1.82, 2.24) is 9.88 Å². The maximum Gasteiger partial charge on any atom is 0.215 e. The lowest BCUT2D eigenvalue weighted by Crippen LogP contribution is -2.52. The highest BCUT2D eigenvalue weighted by Gasteiger charge is 2.24. The van der Waals surface area contributed by atoms with Crippen LogP contribution < -0.4 is 9.64 Å². The number of nitrogens with zero attached hydrogens (tertiary/aromatic N) is 4. The molecule has 0 aliphatic carbocycles. The molecule has 1 aromatic heterocycles. The van der Waals surface area contributed by atoms with Crippen LogP contribution in [0.15, 0.2) is 54.6 Å². The van der Waals surface area contributed by atoms with E-state index in [4.69, 9.17) is 10.00 Å². The van der Waals surface area contributed by atoms with Crippen LogP contribution in [-0.4, -0.2) is 42.1 Å². The molecule has 140 valence electrons. The van der Waals surface area contributed by atoms with Gasteiger partial charge >= 0.3 is 0 Å². The minimum absolute atomic E-state index is 0.435. The number of hydrogen-bond donors (Lipinski definition) is 0. The maximum absolute atomic E-state index is 8.87. The van der Waals surface area contributed by atoms with Crippen LogP contribution in [0.5, 0.6) is 5.88 Å². The summed E-state index contributed by atoms with van der Waals surface area (Å²) in [4.78, 5) is 9.46. The van der Waals surface area contributed by atoms with Crippen LogP contribution in [0.3, 0.4) is 0 Å². The fraction of sp³-hybridized carbons (Fsp3) is 0.364. The number of rotatable bonds is 6. The standard InChI is InChI=1S/C22H26N4O/c1-17(2)14-25-11-12-26(15-18(25)3)21-5-4-6-22(24-21)27-16-20-9-7-19(13-23)8-10-20/h4-10,18H,1,11-12,14-16H2,2-3H3. The monoisotopic (exact) mass is 362 g/mol. The topological polar surface area (TPSA) is 52.4 Å². The molecule has 1 saturated heterocycles. The van der Waals surface area contributed by atoms with Crippen LogP contribution >= 0.6 is 0 Å². The van der Waals surface area contributed by atoms with E-state index in [2.05, 4.69) is 41.3 Å². The van der Waals surface area contributed by atoms with Gasteiger partial charge in [0.15, 0.2) is 0 Å². The van der Waals surface area contributed by atoms with Crippen LogP contribution in [0.2, 0.25) is 0 Å². The first-order valence-electron chi connectivity index (χ1n) is 9.27. The molecule has 1 aliphatic heterocycles. The van der Waals surface area contributed by atoms with E-state index in [0.29, 0.717) is 24.1 Å². The molecule has 5 nitrogen and oxygen atoms in total. The van der Waals surface area contributed by atoms with E-state index in [1.807, 2.05) is 30.3 Å². The van der Waals surface area contributed by atoms with Crippen molar-refractivity contribution in [2.45, 2.75) is 26.5 Å². The van der Waals surface area contributed by atoms with Gasteiger partial charge in [-0.3, -0.25) is 4.90 Å². The number of hydrogen-bond acceptors (Lipinski definition) is 5. The molecule has 1 unspecified atom stereocenters. The average molecular weight is 362 g/mol. The van der Waals surface area contributed by atoms with Crippen molar-refractivity contribution < 1.29 is 4.74 Å². The van der Waals surface area contributed by atoms with Gasteiger partial charge < -0.3 is 9.64 Å². The molecule has 0 saturated carbocycles. The molecule has 0 amide bonds. The predicted molar refractivity (Wildman–Crippen MR) is 108 cm³/mol. The number of benzene rings is 1. The van der Waals surface area contributed by atoms with Crippen molar-refractivity contribution in [2.75, 3.05) is 31.1 Å². The molecule has 3 rings (SSSR count). The number of piperazine rings is 1. The zero-order valence-electron chi connectivity index (χ0n) is 16.1. The Bertz CT molecular complexity index is 825. The van der Waals surface area contributed by atoms with E-state index in [0.717, 1.165) is 37.6 Å². The van der Waals surface area contributed by atoms with Crippen molar-refractivity contribution in [3.05, 3.63) is 65.7 Å². The van der Waals surface area contributed by atoms with Gasteiger partial charge in [0.25, 0.3) is 0 Å². The van der Waals surface area contributed by atoms with Crippen LogP contribution in [-0.2, 0) is 6.61 Å². The van der Waals surface area contributed by atoms with Crippen molar-refractivity contribution in [3.63, 3.8) is 0 Å². The highest BCUT2D eigenvalue weighted by molar-refractivity contribution is 5.41. The number of ether oxygens (including phenoxy) is 1. The first-order chi connectivity index (χ1) is 13.0. The lowest BCUT2D eigenvalue weighted by atomic mass is 10.1. The molecule has 1 aromatic carbocycles. The van der Waals surface area contributed by atoms with E-state index < -0.39 is 0 Å². The van der Waals surface area contributed by atoms with Crippen LogP contribution in [0.25, 0.3) is 0 Å². The van der Waals surface area contributed by atoms with Gasteiger partial charge in [-0.25, -0.2) is 0 Å². The third kappa shape index (κ3) is 5.08. The number of aromatic nitrogens is 1. The zero-order valence-corrected chi connectivity index (χ0v) is 16.1. The Balaban J connectivity index is 1.60. The molecular weight excluding hydrogens is 336 g/mol. The quantitative estimate of drug-likeness (QED) is 0.735. The summed E-state index contributed by atoms with van der Waals surface area (Å²) in [7, 11) is 0. The lowest BCUT2D eigenvalue weighted by molar-refractivity contribution is 0.205. The van der Waals surface area contributed by atoms with E-state index in [1.54, 1.807) is 12.1 Å². The summed E-state index contributed by atoms with van der Waals surface area (Å²) in [5.41, 5.74) is 2.87. The summed E-state index contributed by atoms with van der Waals surface area (Å²) in [5.74, 6) is 1.57. The molecule has 5 heteroatoms. The van der Waals surface area contributed by atoms with E-state index in [1.165, 1.54) is 5.57 Å². The summed E-state index contributed by atoms with van der Waals surface area (Å²) < 4.78 is 5.85. The molecule has 2 heterocycles. The predicted octanol–water partition coefficient (Wildman–Crippen LogP) is 3.62. The molecule has 0 radical (unpaired) electrons. The Morgan fingerprint density at radius 3 is 2.70 bits per heavy atom.